The molecule has 1 heterocycles. The summed E-state index contributed by atoms with van der Waals surface area (Å²) in [6, 6.07) is 11.9. The predicted octanol–water partition coefficient (Wildman–Crippen LogP) is 2.60. The lowest BCUT2D eigenvalue weighted by Crippen LogP contribution is -2.48. The summed E-state index contributed by atoms with van der Waals surface area (Å²) in [4.78, 5) is 16.7. The normalized spacial score (nSPS) is 15.2. The van der Waals surface area contributed by atoms with E-state index in [1.54, 1.807) is 20.3 Å². The summed E-state index contributed by atoms with van der Waals surface area (Å²) in [7, 11) is 3.17. The van der Waals surface area contributed by atoms with Crippen LogP contribution in [0.5, 0.6) is 11.5 Å². The van der Waals surface area contributed by atoms with E-state index in [0.717, 1.165) is 31.7 Å². The molecule has 1 aliphatic heterocycles. The van der Waals surface area contributed by atoms with Crippen LogP contribution in [0.2, 0.25) is 0 Å². The van der Waals surface area contributed by atoms with E-state index < -0.39 is 0 Å². The molecule has 0 aliphatic carbocycles. The number of para-hydroxylation sites is 2. The van der Waals surface area contributed by atoms with Crippen molar-refractivity contribution in [2.24, 2.45) is 0 Å². The maximum atomic E-state index is 13.5. The van der Waals surface area contributed by atoms with Crippen molar-refractivity contribution in [3.05, 3.63) is 53.8 Å². The van der Waals surface area contributed by atoms with Gasteiger partial charge in [0.15, 0.2) is 0 Å². The van der Waals surface area contributed by atoms with Gasteiger partial charge in [-0.1, -0.05) is 12.1 Å². The molecule has 150 valence electrons. The number of nitrogens with zero attached hydrogens (tertiary/aromatic N) is 2. The second-order valence-electron chi connectivity index (χ2n) is 6.76. The molecular weight excluding hydrogens is 361 g/mol. The molecule has 0 radical (unpaired) electrons. The maximum absolute atomic E-state index is 13.5. The fourth-order valence-electron chi connectivity index (χ4n) is 3.36. The standard InChI is InChI=1S/C21H26FN3O3/c1-27-19-8-7-17(22)13-16(19)14-24-9-11-25(12-10-24)15-21(26)23-18-5-3-4-6-20(18)28-2/h3-8,13H,9-12,14-15H2,1-2H3,(H,23,26). The minimum Gasteiger partial charge on any atom is -0.496 e. The van der Waals surface area contributed by atoms with Gasteiger partial charge >= 0.3 is 0 Å². The minimum atomic E-state index is -0.262. The second-order valence-corrected chi connectivity index (χ2v) is 6.76. The van der Waals surface area contributed by atoms with Crippen molar-refractivity contribution in [3.63, 3.8) is 0 Å². The molecule has 2 aromatic carbocycles. The Kier molecular flexibility index (Phi) is 6.84. The van der Waals surface area contributed by atoms with E-state index in [0.29, 0.717) is 30.3 Å². The van der Waals surface area contributed by atoms with Gasteiger partial charge in [0.2, 0.25) is 5.91 Å². The summed E-state index contributed by atoms with van der Waals surface area (Å²) in [6.07, 6.45) is 0. The van der Waals surface area contributed by atoms with Crippen molar-refractivity contribution >= 4 is 11.6 Å². The third-order valence-corrected chi connectivity index (χ3v) is 4.85. The van der Waals surface area contributed by atoms with Crippen LogP contribution >= 0.6 is 0 Å². The summed E-state index contributed by atoms with van der Waals surface area (Å²) in [6.45, 7) is 4.12. The first-order chi connectivity index (χ1) is 13.6. The number of amides is 1. The SMILES string of the molecule is COc1ccc(F)cc1CN1CCN(CC(=O)Nc2ccccc2OC)CC1. The number of methoxy groups -OCH3 is 2. The van der Waals surface area contributed by atoms with E-state index in [-0.39, 0.29) is 11.7 Å². The Bertz CT molecular complexity index is 807. The second kappa shape index (κ2) is 9.52. The van der Waals surface area contributed by atoms with Crippen LogP contribution in [-0.4, -0.2) is 62.7 Å². The van der Waals surface area contributed by atoms with Crippen molar-refractivity contribution in [1.29, 1.82) is 0 Å². The average molecular weight is 387 g/mol. The van der Waals surface area contributed by atoms with Crippen molar-refractivity contribution in [2.75, 3.05) is 52.3 Å². The topological polar surface area (TPSA) is 54.0 Å². The van der Waals surface area contributed by atoms with Crippen molar-refractivity contribution in [3.8, 4) is 11.5 Å². The van der Waals surface area contributed by atoms with Gasteiger partial charge in [0.1, 0.15) is 17.3 Å². The largest absolute Gasteiger partial charge is 0.496 e. The van der Waals surface area contributed by atoms with Crippen LogP contribution in [0, 0.1) is 5.82 Å². The Morgan fingerprint density at radius 3 is 2.39 bits per heavy atom. The molecule has 1 saturated heterocycles. The van der Waals surface area contributed by atoms with Crippen LogP contribution in [0.1, 0.15) is 5.56 Å². The predicted molar refractivity (Wildman–Crippen MR) is 106 cm³/mol. The first kappa shape index (κ1) is 20.1. The van der Waals surface area contributed by atoms with Crippen LogP contribution in [-0.2, 0) is 11.3 Å². The van der Waals surface area contributed by atoms with Crippen molar-refractivity contribution in [2.45, 2.75) is 6.54 Å². The monoisotopic (exact) mass is 387 g/mol. The van der Waals surface area contributed by atoms with E-state index in [9.17, 15) is 9.18 Å². The fraction of sp³-hybridized carbons (Fsp3) is 0.381. The highest BCUT2D eigenvalue weighted by molar-refractivity contribution is 5.93. The first-order valence-corrected chi connectivity index (χ1v) is 9.29. The number of anilines is 1. The molecular formula is C21H26FN3O3. The average Bonchev–Trinajstić information content (AvgIpc) is 2.70. The number of hydrogen-bond acceptors (Lipinski definition) is 5. The summed E-state index contributed by atoms with van der Waals surface area (Å²) in [5.74, 6) is 1.01. The first-order valence-electron chi connectivity index (χ1n) is 9.29. The van der Waals surface area contributed by atoms with Gasteiger partial charge < -0.3 is 14.8 Å². The number of ether oxygens (including phenoxy) is 2. The third kappa shape index (κ3) is 5.21. The van der Waals surface area contributed by atoms with E-state index in [1.165, 1.54) is 12.1 Å². The number of hydrogen-bond donors (Lipinski definition) is 1. The van der Waals surface area contributed by atoms with Gasteiger partial charge in [-0.15, -0.1) is 0 Å². The summed E-state index contributed by atoms with van der Waals surface area (Å²) >= 11 is 0. The number of piperazine rings is 1. The number of halogens is 1. The zero-order valence-electron chi connectivity index (χ0n) is 16.3. The number of rotatable bonds is 7. The summed E-state index contributed by atoms with van der Waals surface area (Å²) in [5, 5.41) is 2.90. The van der Waals surface area contributed by atoms with Gasteiger partial charge in [0, 0.05) is 38.3 Å². The van der Waals surface area contributed by atoms with Gasteiger partial charge in [0.25, 0.3) is 0 Å². The Hall–Kier alpha value is -2.64. The third-order valence-electron chi connectivity index (χ3n) is 4.85. The zero-order chi connectivity index (χ0) is 19.9. The van der Waals surface area contributed by atoms with Crippen LogP contribution in [0.3, 0.4) is 0 Å². The lowest BCUT2D eigenvalue weighted by atomic mass is 10.1. The molecule has 1 fully saturated rings. The highest BCUT2D eigenvalue weighted by Crippen LogP contribution is 2.23. The van der Waals surface area contributed by atoms with Crippen molar-refractivity contribution in [1.82, 2.24) is 9.80 Å². The molecule has 0 unspecified atom stereocenters. The quantitative estimate of drug-likeness (QED) is 0.792. The maximum Gasteiger partial charge on any atom is 0.238 e. The summed E-state index contributed by atoms with van der Waals surface area (Å²) in [5.41, 5.74) is 1.51. The van der Waals surface area contributed by atoms with Gasteiger partial charge in [-0.25, -0.2) is 4.39 Å². The molecule has 6 nitrogen and oxygen atoms in total. The van der Waals surface area contributed by atoms with Crippen LogP contribution in [0.25, 0.3) is 0 Å². The number of carbonyl (C=O) groups excluding carboxylic acids is 1. The van der Waals surface area contributed by atoms with Crippen molar-refractivity contribution < 1.29 is 18.7 Å². The Morgan fingerprint density at radius 2 is 1.68 bits per heavy atom. The Labute approximate surface area is 164 Å². The summed E-state index contributed by atoms with van der Waals surface area (Å²) < 4.78 is 24.1. The van der Waals surface area contributed by atoms with Crippen LogP contribution in [0.15, 0.2) is 42.5 Å². The Balaban J connectivity index is 1.49. The van der Waals surface area contributed by atoms with E-state index in [2.05, 4.69) is 15.1 Å². The highest BCUT2D eigenvalue weighted by atomic mass is 19.1. The zero-order valence-corrected chi connectivity index (χ0v) is 16.3. The number of benzene rings is 2. The van der Waals surface area contributed by atoms with E-state index >= 15 is 0 Å². The van der Waals surface area contributed by atoms with Crippen LogP contribution in [0.4, 0.5) is 10.1 Å². The molecule has 1 N–H and O–H groups in total. The molecule has 0 atom stereocenters. The number of nitrogens with one attached hydrogen (secondary N) is 1. The molecule has 3 rings (SSSR count). The molecule has 0 saturated carbocycles. The highest BCUT2D eigenvalue weighted by Gasteiger charge is 2.20. The molecule has 2 aromatic rings. The molecule has 28 heavy (non-hydrogen) atoms. The van der Waals surface area contributed by atoms with Gasteiger partial charge in [-0.3, -0.25) is 14.6 Å². The molecule has 0 spiro atoms. The van der Waals surface area contributed by atoms with Gasteiger partial charge in [-0.05, 0) is 30.3 Å². The fourth-order valence-corrected chi connectivity index (χ4v) is 3.36. The van der Waals surface area contributed by atoms with Gasteiger partial charge in [0.05, 0.1) is 26.5 Å². The lowest BCUT2D eigenvalue weighted by Gasteiger charge is -2.34. The molecule has 1 aliphatic rings. The smallest absolute Gasteiger partial charge is 0.238 e. The number of carbonyl (C=O) groups is 1. The lowest BCUT2D eigenvalue weighted by molar-refractivity contribution is -0.117. The molecule has 0 aromatic heterocycles. The van der Waals surface area contributed by atoms with Crippen LogP contribution < -0.4 is 14.8 Å². The molecule has 1 amide bonds. The minimum absolute atomic E-state index is 0.0650. The molecule has 0 bridgehead atoms. The van der Waals surface area contributed by atoms with E-state index in [1.807, 2.05) is 24.3 Å². The van der Waals surface area contributed by atoms with Gasteiger partial charge in [-0.2, -0.15) is 0 Å². The molecule has 7 heteroatoms. The van der Waals surface area contributed by atoms with E-state index in [4.69, 9.17) is 9.47 Å². The Morgan fingerprint density at radius 1 is 1.00 bits per heavy atom.